The Morgan fingerprint density at radius 1 is 1.04 bits per heavy atom. The highest BCUT2D eigenvalue weighted by molar-refractivity contribution is 5.80. The third-order valence-corrected chi connectivity index (χ3v) is 4.15. The minimum absolute atomic E-state index is 0.257. The Morgan fingerprint density at radius 3 is 2.23 bits per heavy atom. The van der Waals surface area contributed by atoms with Gasteiger partial charge in [-0.05, 0) is 43.1 Å². The number of nitrogens with zero attached hydrogens (tertiary/aromatic N) is 4. The highest BCUT2D eigenvalue weighted by atomic mass is 15.1. The van der Waals surface area contributed by atoms with Crippen molar-refractivity contribution in [2.75, 3.05) is 11.4 Å². The van der Waals surface area contributed by atoms with Gasteiger partial charge in [-0.25, -0.2) is 9.98 Å². The summed E-state index contributed by atoms with van der Waals surface area (Å²) >= 11 is 0. The summed E-state index contributed by atoms with van der Waals surface area (Å²) in [5, 5.41) is 9.41. The zero-order valence-corrected chi connectivity index (χ0v) is 15.2. The molecule has 0 heterocycles. The maximum absolute atomic E-state index is 9.41. The molecule has 0 aliphatic carbocycles. The molecule has 0 aliphatic rings. The molecule has 0 aliphatic heterocycles. The average Bonchev–Trinajstić information content (AvgIpc) is 2.70. The van der Waals surface area contributed by atoms with Crippen LogP contribution in [0.5, 0.6) is 0 Å². The molecule has 0 bridgehead atoms. The van der Waals surface area contributed by atoms with Gasteiger partial charge in [-0.2, -0.15) is 5.26 Å². The smallest absolute Gasteiger partial charge is 0.169 e. The number of hydrogen-bond acceptors (Lipinski definition) is 4. The Bertz CT molecular complexity index is 788. The molecule has 0 N–H and O–H groups in total. The van der Waals surface area contributed by atoms with E-state index in [4.69, 9.17) is 0 Å². The van der Waals surface area contributed by atoms with Gasteiger partial charge in [0.2, 0.25) is 0 Å². The Labute approximate surface area is 155 Å². The molecule has 0 amide bonds. The van der Waals surface area contributed by atoms with Crippen molar-refractivity contribution in [3.05, 3.63) is 71.5 Å². The van der Waals surface area contributed by atoms with E-state index >= 15 is 0 Å². The number of hydrogen-bond donors (Lipinski definition) is 0. The number of aliphatic imine (C=N–C) groups is 2. The number of nitriles is 1. The van der Waals surface area contributed by atoms with Crippen molar-refractivity contribution in [2.45, 2.75) is 26.3 Å². The topological polar surface area (TPSA) is 51.8 Å². The summed E-state index contributed by atoms with van der Waals surface area (Å²) in [5.41, 5.74) is 3.55. The number of rotatable bonds is 9. The largest absolute Gasteiger partial charge is 0.367 e. The fourth-order valence-corrected chi connectivity index (χ4v) is 2.74. The monoisotopic (exact) mass is 344 g/mol. The molecule has 2 aromatic rings. The molecule has 0 fully saturated rings. The van der Waals surface area contributed by atoms with E-state index in [9.17, 15) is 5.26 Å². The zero-order valence-electron chi connectivity index (χ0n) is 15.2. The van der Waals surface area contributed by atoms with Gasteiger partial charge >= 0.3 is 0 Å². The first kappa shape index (κ1) is 19.1. The minimum Gasteiger partial charge on any atom is -0.367 e. The Hall–Kier alpha value is -3.19. The third-order valence-electron chi connectivity index (χ3n) is 4.15. The lowest BCUT2D eigenvalue weighted by molar-refractivity contribution is 0.716. The summed E-state index contributed by atoms with van der Waals surface area (Å²) in [7, 11) is 0. The fraction of sp³-hybridized carbons (Fsp3) is 0.227. The van der Waals surface area contributed by atoms with Crippen LogP contribution in [0.1, 0.15) is 30.9 Å². The SMILES string of the molecule is C=NC(N=C)=C(C#N)c1ccc(N(CCCC)Cc2ccccc2)cc1. The molecule has 2 aromatic carbocycles. The predicted molar refractivity (Wildman–Crippen MR) is 110 cm³/mol. The van der Waals surface area contributed by atoms with Crippen LogP contribution in [-0.4, -0.2) is 20.0 Å². The minimum atomic E-state index is 0.257. The number of unbranched alkanes of at least 4 members (excludes halogenated alkanes) is 1. The summed E-state index contributed by atoms with van der Waals surface area (Å²) < 4.78 is 0. The molecule has 0 radical (unpaired) electrons. The Kier molecular flexibility index (Phi) is 7.32. The third kappa shape index (κ3) is 4.90. The highest BCUT2D eigenvalue weighted by Gasteiger charge is 2.10. The molecule has 0 atom stereocenters. The van der Waals surface area contributed by atoms with Crippen LogP contribution < -0.4 is 4.90 Å². The molecule has 0 saturated carbocycles. The van der Waals surface area contributed by atoms with Crippen LogP contribution in [0.3, 0.4) is 0 Å². The van der Waals surface area contributed by atoms with Gasteiger partial charge < -0.3 is 4.90 Å². The van der Waals surface area contributed by atoms with Crippen LogP contribution in [0.25, 0.3) is 5.57 Å². The van der Waals surface area contributed by atoms with E-state index in [1.54, 1.807) is 0 Å². The fourth-order valence-electron chi connectivity index (χ4n) is 2.74. The van der Waals surface area contributed by atoms with Crippen LogP contribution in [0.2, 0.25) is 0 Å². The molecular weight excluding hydrogens is 320 g/mol. The van der Waals surface area contributed by atoms with Gasteiger partial charge in [0.1, 0.15) is 11.6 Å². The predicted octanol–water partition coefficient (Wildman–Crippen LogP) is 5.09. The average molecular weight is 344 g/mol. The molecule has 0 unspecified atom stereocenters. The van der Waals surface area contributed by atoms with Gasteiger partial charge in [0.25, 0.3) is 0 Å². The van der Waals surface area contributed by atoms with Gasteiger partial charge in [-0.15, -0.1) is 0 Å². The molecule has 132 valence electrons. The van der Waals surface area contributed by atoms with Crippen LogP contribution in [0.15, 0.2) is 70.4 Å². The van der Waals surface area contributed by atoms with Crippen molar-refractivity contribution in [1.82, 2.24) is 0 Å². The summed E-state index contributed by atoms with van der Waals surface area (Å²) in [6, 6.07) is 20.5. The van der Waals surface area contributed by atoms with Crippen molar-refractivity contribution >= 4 is 24.7 Å². The van der Waals surface area contributed by atoms with Crippen LogP contribution in [0, 0.1) is 11.3 Å². The van der Waals surface area contributed by atoms with E-state index in [0.717, 1.165) is 37.2 Å². The first-order chi connectivity index (χ1) is 12.7. The van der Waals surface area contributed by atoms with Crippen LogP contribution >= 0.6 is 0 Å². The summed E-state index contributed by atoms with van der Waals surface area (Å²) in [5.74, 6) is 0.257. The van der Waals surface area contributed by atoms with E-state index in [1.165, 1.54) is 5.56 Å². The van der Waals surface area contributed by atoms with E-state index in [1.807, 2.05) is 30.3 Å². The second-order valence-corrected chi connectivity index (χ2v) is 5.93. The molecular formula is C22H24N4. The van der Waals surface area contributed by atoms with Crippen molar-refractivity contribution < 1.29 is 0 Å². The molecule has 0 saturated heterocycles. The van der Waals surface area contributed by atoms with Gasteiger partial charge in [0.15, 0.2) is 5.82 Å². The van der Waals surface area contributed by atoms with Crippen molar-refractivity contribution in [3.8, 4) is 6.07 Å². The maximum atomic E-state index is 9.41. The number of anilines is 1. The second-order valence-electron chi connectivity index (χ2n) is 5.93. The van der Waals surface area contributed by atoms with Gasteiger partial charge in [-0.3, -0.25) is 0 Å². The summed E-state index contributed by atoms with van der Waals surface area (Å²) in [4.78, 5) is 9.91. The Morgan fingerprint density at radius 2 is 1.69 bits per heavy atom. The van der Waals surface area contributed by atoms with E-state index in [2.05, 4.69) is 65.6 Å². The van der Waals surface area contributed by atoms with Gasteiger partial charge in [-0.1, -0.05) is 55.8 Å². The van der Waals surface area contributed by atoms with Crippen molar-refractivity contribution in [2.24, 2.45) is 9.98 Å². The molecule has 2 rings (SSSR count). The quantitative estimate of drug-likeness (QED) is 0.470. The molecule has 0 spiro atoms. The summed E-state index contributed by atoms with van der Waals surface area (Å²) in [6.07, 6.45) is 2.27. The zero-order chi connectivity index (χ0) is 18.8. The highest BCUT2D eigenvalue weighted by Crippen LogP contribution is 2.24. The van der Waals surface area contributed by atoms with E-state index < -0.39 is 0 Å². The lowest BCUT2D eigenvalue weighted by atomic mass is 10.1. The second kappa shape index (κ2) is 9.95. The number of benzene rings is 2. The van der Waals surface area contributed by atoms with Gasteiger partial charge in [0, 0.05) is 18.8 Å². The number of allylic oxidation sites excluding steroid dienone is 1. The van der Waals surface area contributed by atoms with Crippen LogP contribution in [0.4, 0.5) is 5.69 Å². The first-order valence-electron chi connectivity index (χ1n) is 8.70. The summed E-state index contributed by atoms with van der Waals surface area (Å²) in [6.45, 7) is 10.9. The molecule has 0 aromatic heterocycles. The van der Waals surface area contributed by atoms with Gasteiger partial charge in [0.05, 0.1) is 0 Å². The van der Waals surface area contributed by atoms with Crippen molar-refractivity contribution in [1.29, 1.82) is 5.26 Å². The van der Waals surface area contributed by atoms with E-state index in [-0.39, 0.29) is 5.82 Å². The lowest BCUT2D eigenvalue weighted by Gasteiger charge is -2.25. The molecule has 4 nitrogen and oxygen atoms in total. The van der Waals surface area contributed by atoms with E-state index in [0.29, 0.717) is 5.57 Å². The molecule has 4 heteroatoms. The normalized spacial score (nSPS) is 9.85. The molecule has 26 heavy (non-hydrogen) atoms. The van der Waals surface area contributed by atoms with Crippen LogP contribution in [-0.2, 0) is 6.54 Å². The van der Waals surface area contributed by atoms with Crippen molar-refractivity contribution in [3.63, 3.8) is 0 Å². The standard InChI is InChI=1S/C22H24N4/c1-4-5-15-26(17-18-9-7-6-8-10-18)20-13-11-19(12-14-20)21(16-23)22(24-2)25-3/h6-14H,2-5,15,17H2,1H3. The Balaban J connectivity index is 2.29. The lowest BCUT2D eigenvalue weighted by Crippen LogP contribution is -2.23. The first-order valence-corrected chi connectivity index (χ1v) is 8.70. The maximum Gasteiger partial charge on any atom is 0.169 e.